The maximum atomic E-state index is 11.7. The van der Waals surface area contributed by atoms with E-state index < -0.39 is 12.7 Å². The normalized spacial score (nSPS) is 16.6. The van der Waals surface area contributed by atoms with E-state index in [-0.39, 0.29) is 5.30 Å². The van der Waals surface area contributed by atoms with Crippen molar-refractivity contribution < 1.29 is 14.6 Å². The molecule has 1 atom stereocenters. The van der Waals surface area contributed by atoms with Crippen LogP contribution < -0.4 is 5.30 Å². The average molecular weight is 200 g/mol. The van der Waals surface area contributed by atoms with Crippen molar-refractivity contribution in [3.05, 3.63) is 30.3 Å². The van der Waals surface area contributed by atoms with E-state index in [0.717, 1.165) is 0 Å². The van der Waals surface area contributed by atoms with Crippen LogP contribution in [0.4, 0.5) is 0 Å². The van der Waals surface area contributed by atoms with Crippen LogP contribution >= 0.6 is 7.37 Å². The standard InChI is InChI=1S/C9H13O3P/c1-9(2,10)13(11,12)8-6-4-3-5-7-8/h3-7,10H,1-2H3,(H,11,12). The largest absolute Gasteiger partial charge is 0.380 e. The van der Waals surface area contributed by atoms with Gasteiger partial charge >= 0.3 is 0 Å². The van der Waals surface area contributed by atoms with Crippen LogP contribution in [0.3, 0.4) is 0 Å². The molecule has 0 saturated carbocycles. The van der Waals surface area contributed by atoms with Crippen LogP contribution in [0.1, 0.15) is 13.8 Å². The number of rotatable bonds is 2. The maximum absolute atomic E-state index is 11.7. The lowest BCUT2D eigenvalue weighted by atomic mass is 10.4. The zero-order valence-corrected chi connectivity index (χ0v) is 8.53. The molecule has 0 bridgehead atoms. The van der Waals surface area contributed by atoms with E-state index in [1.54, 1.807) is 30.3 Å². The lowest BCUT2D eigenvalue weighted by molar-refractivity contribution is 0.151. The van der Waals surface area contributed by atoms with Gasteiger partial charge in [0.25, 0.3) is 7.37 Å². The van der Waals surface area contributed by atoms with Gasteiger partial charge < -0.3 is 10.00 Å². The Morgan fingerprint density at radius 3 is 2.08 bits per heavy atom. The van der Waals surface area contributed by atoms with Gasteiger partial charge in [-0.2, -0.15) is 0 Å². The lowest BCUT2D eigenvalue weighted by Crippen LogP contribution is -2.25. The summed E-state index contributed by atoms with van der Waals surface area (Å²) in [5.74, 6) is 0. The second-order valence-electron chi connectivity index (χ2n) is 3.41. The van der Waals surface area contributed by atoms with Gasteiger partial charge in [-0.1, -0.05) is 18.2 Å². The number of hydrogen-bond donors (Lipinski definition) is 2. The van der Waals surface area contributed by atoms with Gasteiger partial charge in [-0.15, -0.1) is 0 Å². The molecule has 1 aromatic rings. The Labute approximate surface area is 77.5 Å². The minimum atomic E-state index is -3.67. The Morgan fingerprint density at radius 1 is 1.23 bits per heavy atom. The van der Waals surface area contributed by atoms with Gasteiger partial charge in [-0.25, -0.2) is 0 Å². The first-order chi connectivity index (χ1) is 5.86. The van der Waals surface area contributed by atoms with Crippen molar-refractivity contribution in [2.75, 3.05) is 0 Å². The minimum Gasteiger partial charge on any atom is -0.380 e. The quantitative estimate of drug-likeness (QED) is 0.707. The second-order valence-corrected chi connectivity index (χ2v) is 6.17. The first kappa shape index (κ1) is 10.5. The van der Waals surface area contributed by atoms with Crippen LogP contribution in [-0.2, 0) is 4.57 Å². The van der Waals surface area contributed by atoms with Crippen LogP contribution in [0, 0.1) is 0 Å². The molecule has 0 heterocycles. The van der Waals surface area contributed by atoms with E-state index in [1.807, 2.05) is 0 Å². The molecule has 0 spiro atoms. The molecule has 0 amide bonds. The van der Waals surface area contributed by atoms with Crippen LogP contribution in [-0.4, -0.2) is 15.3 Å². The highest BCUT2D eigenvalue weighted by Gasteiger charge is 2.38. The van der Waals surface area contributed by atoms with Crippen molar-refractivity contribution >= 4 is 12.7 Å². The van der Waals surface area contributed by atoms with Crippen molar-refractivity contribution in [2.24, 2.45) is 0 Å². The molecule has 1 aromatic carbocycles. The molecular weight excluding hydrogens is 187 g/mol. The van der Waals surface area contributed by atoms with Gasteiger partial charge in [0.05, 0.1) is 0 Å². The summed E-state index contributed by atoms with van der Waals surface area (Å²) in [6.45, 7) is 2.67. The van der Waals surface area contributed by atoms with Gasteiger partial charge in [0, 0.05) is 5.30 Å². The van der Waals surface area contributed by atoms with Gasteiger partial charge in [-0.3, -0.25) is 4.57 Å². The summed E-state index contributed by atoms with van der Waals surface area (Å²) in [7, 11) is -3.67. The number of aliphatic hydroxyl groups is 1. The predicted molar refractivity (Wildman–Crippen MR) is 52.2 cm³/mol. The third-order valence-corrected chi connectivity index (χ3v) is 4.33. The van der Waals surface area contributed by atoms with Crippen molar-refractivity contribution in [3.63, 3.8) is 0 Å². The van der Waals surface area contributed by atoms with E-state index in [1.165, 1.54) is 13.8 Å². The molecule has 4 heteroatoms. The van der Waals surface area contributed by atoms with Crippen molar-refractivity contribution in [3.8, 4) is 0 Å². The predicted octanol–water partition coefficient (Wildman–Crippen LogP) is 1.31. The smallest absolute Gasteiger partial charge is 0.259 e. The molecule has 3 nitrogen and oxygen atoms in total. The SMILES string of the molecule is CC(C)(O)P(=O)(O)c1ccccc1. The first-order valence-corrected chi connectivity index (χ1v) is 5.62. The van der Waals surface area contributed by atoms with Gasteiger partial charge in [0.15, 0.2) is 0 Å². The molecule has 0 saturated heterocycles. The Kier molecular flexibility index (Phi) is 2.62. The van der Waals surface area contributed by atoms with Crippen molar-refractivity contribution in [2.45, 2.75) is 19.2 Å². The Balaban J connectivity index is 3.17. The minimum absolute atomic E-state index is 0.280. The third-order valence-electron chi connectivity index (χ3n) is 1.85. The zero-order valence-electron chi connectivity index (χ0n) is 7.64. The summed E-state index contributed by atoms with van der Waals surface area (Å²) >= 11 is 0. The van der Waals surface area contributed by atoms with E-state index >= 15 is 0 Å². The highest BCUT2D eigenvalue weighted by molar-refractivity contribution is 7.67. The van der Waals surface area contributed by atoms with Gasteiger partial charge in [0.1, 0.15) is 5.34 Å². The molecule has 13 heavy (non-hydrogen) atoms. The molecule has 0 fully saturated rings. The molecule has 2 N–H and O–H groups in total. The van der Waals surface area contributed by atoms with Crippen LogP contribution in [0.25, 0.3) is 0 Å². The van der Waals surface area contributed by atoms with Crippen molar-refractivity contribution in [1.82, 2.24) is 0 Å². The monoisotopic (exact) mass is 200 g/mol. The maximum Gasteiger partial charge on any atom is 0.259 e. The summed E-state index contributed by atoms with van der Waals surface area (Å²) in [4.78, 5) is 9.63. The molecule has 72 valence electrons. The Morgan fingerprint density at radius 2 is 1.69 bits per heavy atom. The molecular formula is C9H13O3P. The first-order valence-electron chi connectivity index (χ1n) is 3.96. The summed E-state index contributed by atoms with van der Waals surface area (Å²) < 4.78 is 11.7. The molecule has 0 radical (unpaired) electrons. The van der Waals surface area contributed by atoms with Crippen LogP contribution in [0.2, 0.25) is 0 Å². The third kappa shape index (κ3) is 1.99. The molecule has 1 unspecified atom stereocenters. The van der Waals surface area contributed by atoms with E-state index in [0.29, 0.717) is 0 Å². The average Bonchev–Trinajstić information content (AvgIpc) is 2.04. The summed E-state index contributed by atoms with van der Waals surface area (Å²) in [5, 5.41) is 8.18. The van der Waals surface area contributed by atoms with Gasteiger partial charge in [-0.05, 0) is 26.0 Å². The van der Waals surface area contributed by atoms with Crippen LogP contribution in [0.15, 0.2) is 30.3 Å². The van der Waals surface area contributed by atoms with Gasteiger partial charge in [0.2, 0.25) is 0 Å². The summed E-state index contributed by atoms with van der Waals surface area (Å²) in [5.41, 5.74) is 0. The van der Waals surface area contributed by atoms with E-state index in [9.17, 15) is 14.6 Å². The number of hydrogen-bond acceptors (Lipinski definition) is 2. The fourth-order valence-electron chi connectivity index (χ4n) is 0.946. The molecule has 0 aliphatic rings. The Hall–Kier alpha value is -0.630. The van der Waals surface area contributed by atoms with E-state index in [2.05, 4.69) is 0 Å². The summed E-state index contributed by atoms with van der Waals surface area (Å²) in [6.07, 6.45) is 0. The van der Waals surface area contributed by atoms with Crippen molar-refractivity contribution in [1.29, 1.82) is 0 Å². The fraction of sp³-hybridized carbons (Fsp3) is 0.333. The summed E-state index contributed by atoms with van der Waals surface area (Å²) in [6, 6.07) is 8.18. The zero-order chi connectivity index (χ0) is 10.1. The molecule has 0 aliphatic carbocycles. The highest BCUT2D eigenvalue weighted by Crippen LogP contribution is 2.51. The lowest BCUT2D eigenvalue weighted by Gasteiger charge is -2.24. The highest BCUT2D eigenvalue weighted by atomic mass is 31.2. The second kappa shape index (κ2) is 3.26. The molecule has 0 aromatic heterocycles. The molecule has 0 aliphatic heterocycles. The fourth-order valence-corrected chi connectivity index (χ4v) is 2.15. The van der Waals surface area contributed by atoms with E-state index in [4.69, 9.17) is 0 Å². The van der Waals surface area contributed by atoms with Crippen LogP contribution in [0.5, 0.6) is 0 Å². The molecule has 1 rings (SSSR count). The Bertz CT molecular complexity index is 326. The topological polar surface area (TPSA) is 57.5 Å². The number of benzene rings is 1.